The first-order valence-electron chi connectivity index (χ1n) is 7.22. The van der Waals surface area contributed by atoms with Gasteiger partial charge in [-0.3, -0.25) is 9.59 Å². The van der Waals surface area contributed by atoms with E-state index in [0.717, 1.165) is 5.56 Å². The maximum Gasteiger partial charge on any atom is 0.248 e. The Bertz CT molecular complexity index is 828. The summed E-state index contributed by atoms with van der Waals surface area (Å²) < 4.78 is 10.5. The second kappa shape index (κ2) is 6.76. The predicted molar refractivity (Wildman–Crippen MR) is 91.7 cm³/mol. The fraction of sp³-hybridized carbons (Fsp3) is 0.111. The van der Waals surface area contributed by atoms with Gasteiger partial charge < -0.3 is 14.8 Å². The molecular formula is C18H14ClNO4. The minimum absolute atomic E-state index is 0.0978. The smallest absolute Gasteiger partial charge is 0.248 e. The molecule has 0 spiro atoms. The van der Waals surface area contributed by atoms with Gasteiger partial charge in [0.25, 0.3) is 0 Å². The maximum atomic E-state index is 12.1. The third-order valence-electron chi connectivity index (χ3n) is 3.45. The number of rotatable bonds is 4. The number of nitrogens with one attached hydrogen (secondary N) is 1. The Morgan fingerprint density at radius 1 is 1.12 bits per heavy atom. The van der Waals surface area contributed by atoms with Crippen LogP contribution < -0.4 is 14.8 Å². The van der Waals surface area contributed by atoms with E-state index in [0.29, 0.717) is 27.8 Å². The van der Waals surface area contributed by atoms with E-state index in [-0.39, 0.29) is 18.5 Å². The lowest BCUT2D eigenvalue weighted by Crippen LogP contribution is -2.11. The molecule has 0 aromatic heterocycles. The number of hydrogen-bond acceptors (Lipinski definition) is 4. The van der Waals surface area contributed by atoms with Crippen LogP contribution in [0.5, 0.6) is 11.5 Å². The average Bonchev–Trinajstić information content (AvgIpc) is 3.00. The monoisotopic (exact) mass is 343 g/mol. The molecule has 1 aliphatic rings. The van der Waals surface area contributed by atoms with Crippen molar-refractivity contribution in [3.63, 3.8) is 0 Å². The Kier molecular flexibility index (Phi) is 4.53. The number of carbonyl (C=O) groups is 2. The van der Waals surface area contributed by atoms with Crippen LogP contribution in [-0.2, 0) is 4.79 Å². The normalized spacial score (nSPS) is 12.4. The summed E-state index contributed by atoms with van der Waals surface area (Å²) in [4.78, 5) is 23.9. The molecule has 0 unspecified atom stereocenters. The van der Waals surface area contributed by atoms with Crippen molar-refractivity contribution in [3.05, 3.63) is 58.6 Å². The molecule has 1 amide bonds. The van der Waals surface area contributed by atoms with E-state index in [1.165, 1.54) is 13.0 Å². The number of halogens is 1. The lowest BCUT2D eigenvalue weighted by Gasteiger charge is -2.09. The van der Waals surface area contributed by atoms with Crippen molar-refractivity contribution in [1.82, 2.24) is 0 Å². The molecule has 1 N–H and O–H groups in total. The molecule has 6 heteroatoms. The van der Waals surface area contributed by atoms with Crippen LogP contribution in [0.1, 0.15) is 22.8 Å². The number of hydrogen-bond donors (Lipinski definition) is 1. The van der Waals surface area contributed by atoms with Crippen LogP contribution in [0.25, 0.3) is 6.08 Å². The highest BCUT2D eigenvalue weighted by molar-refractivity contribution is 6.30. The highest BCUT2D eigenvalue weighted by Gasteiger charge is 2.19. The molecule has 0 aliphatic carbocycles. The van der Waals surface area contributed by atoms with Crippen molar-refractivity contribution in [1.29, 1.82) is 0 Å². The lowest BCUT2D eigenvalue weighted by atomic mass is 10.1. The lowest BCUT2D eigenvalue weighted by molar-refractivity contribution is -0.111. The van der Waals surface area contributed by atoms with Crippen molar-refractivity contribution in [2.24, 2.45) is 0 Å². The van der Waals surface area contributed by atoms with E-state index in [2.05, 4.69) is 5.32 Å². The fourth-order valence-corrected chi connectivity index (χ4v) is 2.38. The molecule has 0 bridgehead atoms. The molecule has 3 rings (SSSR count). The molecule has 1 heterocycles. The van der Waals surface area contributed by atoms with Gasteiger partial charge >= 0.3 is 0 Å². The Balaban J connectivity index is 1.78. The quantitative estimate of drug-likeness (QED) is 0.675. The van der Waals surface area contributed by atoms with E-state index >= 15 is 0 Å². The van der Waals surface area contributed by atoms with Crippen LogP contribution in [0.3, 0.4) is 0 Å². The van der Waals surface area contributed by atoms with Crippen LogP contribution >= 0.6 is 11.6 Å². The number of ketones is 1. The first-order valence-corrected chi connectivity index (χ1v) is 7.60. The van der Waals surface area contributed by atoms with Crippen LogP contribution in [0.15, 0.2) is 42.5 Å². The summed E-state index contributed by atoms with van der Waals surface area (Å²) in [5.74, 6) is 0.462. The molecule has 122 valence electrons. The summed E-state index contributed by atoms with van der Waals surface area (Å²) in [5.41, 5.74) is 1.59. The molecule has 0 saturated carbocycles. The van der Waals surface area contributed by atoms with Gasteiger partial charge in [-0.05, 0) is 36.8 Å². The number of amides is 1. The van der Waals surface area contributed by atoms with Gasteiger partial charge in [0.05, 0.1) is 5.69 Å². The van der Waals surface area contributed by atoms with Gasteiger partial charge in [-0.15, -0.1) is 0 Å². The Morgan fingerprint density at radius 2 is 1.79 bits per heavy atom. The van der Waals surface area contributed by atoms with Crippen molar-refractivity contribution in [3.8, 4) is 11.5 Å². The van der Waals surface area contributed by atoms with Crippen LogP contribution in [0.2, 0.25) is 5.02 Å². The third kappa shape index (κ3) is 3.58. The maximum absolute atomic E-state index is 12.1. The summed E-state index contributed by atoms with van der Waals surface area (Å²) >= 11 is 5.82. The molecule has 0 radical (unpaired) electrons. The second-order valence-corrected chi connectivity index (χ2v) is 5.62. The van der Waals surface area contributed by atoms with Crippen LogP contribution in [-0.4, -0.2) is 18.5 Å². The number of benzene rings is 2. The van der Waals surface area contributed by atoms with Gasteiger partial charge in [0, 0.05) is 22.7 Å². The van der Waals surface area contributed by atoms with Crippen LogP contribution in [0.4, 0.5) is 5.69 Å². The van der Waals surface area contributed by atoms with E-state index < -0.39 is 0 Å². The van der Waals surface area contributed by atoms with E-state index in [9.17, 15) is 9.59 Å². The molecule has 0 atom stereocenters. The van der Waals surface area contributed by atoms with Gasteiger partial charge in [0.1, 0.15) is 0 Å². The zero-order valence-corrected chi connectivity index (χ0v) is 13.6. The summed E-state index contributed by atoms with van der Waals surface area (Å²) in [6.45, 7) is 1.53. The Hall–Kier alpha value is -2.79. The Labute approximate surface area is 143 Å². The molecule has 2 aromatic rings. The van der Waals surface area contributed by atoms with Crippen molar-refractivity contribution in [2.75, 3.05) is 12.1 Å². The first-order chi connectivity index (χ1) is 11.5. The summed E-state index contributed by atoms with van der Waals surface area (Å²) in [7, 11) is 0. The number of anilines is 1. The molecule has 24 heavy (non-hydrogen) atoms. The van der Waals surface area contributed by atoms with E-state index in [4.69, 9.17) is 21.1 Å². The average molecular weight is 344 g/mol. The largest absolute Gasteiger partial charge is 0.454 e. The summed E-state index contributed by atoms with van der Waals surface area (Å²) in [6, 6.07) is 10.2. The van der Waals surface area contributed by atoms with Gasteiger partial charge in [-0.1, -0.05) is 23.7 Å². The molecule has 5 nitrogen and oxygen atoms in total. The molecule has 2 aromatic carbocycles. The van der Waals surface area contributed by atoms with Crippen molar-refractivity contribution < 1.29 is 19.1 Å². The van der Waals surface area contributed by atoms with Gasteiger partial charge in [-0.25, -0.2) is 0 Å². The fourth-order valence-electron chi connectivity index (χ4n) is 2.26. The zero-order chi connectivity index (χ0) is 17.1. The first kappa shape index (κ1) is 16.1. The van der Waals surface area contributed by atoms with Crippen LogP contribution in [0, 0.1) is 0 Å². The number of fused-ring (bicyclic) bond motifs is 1. The van der Waals surface area contributed by atoms with Gasteiger partial charge in [0.15, 0.2) is 17.3 Å². The summed E-state index contributed by atoms with van der Waals surface area (Å²) in [5, 5.41) is 3.32. The molecule has 0 fully saturated rings. The topological polar surface area (TPSA) is 64.6 Å². The summed E-state index contributed by atoms with van der Waals surface area (Å²) in [6.07, 6.45) is 3.05. The number of carbonyl (C=O) groups excluding carboxylic acids is 2. The van der Waals surface area contributed by atoms with E-state index in [1.807, 2.05) is 0 Å². The van der Waals surface area contributed by atoms with Crippen molar-refractivity contribution >= 4 is 35.1 Å². The van der Waals surface area contributed by atoms with Gasteiger partial charge in [-0.2, -0.15) is 0 Å². The van der Waals surface area contributed by atoms with Crippen molar-refractivity contribution in [2.45, 2.75) is 6.92 Å². The molecule has 1 aliphatic heterocycles. The van der Waals surface area contributed by atoms with E-state index in [1.54, 1.807) is 42.5 Å². The highest BCUT2D eigenvalue weighted by atomic mass is 35.5. The third-order valence-corrected chi connectivity index (χ3v) is 3.70. The molecular weight excluding hydrogens is 330 g/mol. The number of Topliss-reactive ketones (excluding diaryl/α,β-unsaturated/α-hetero) is 1. The minimum Gasteiger partial charge on any atom is -0.454 e. The Morgan fingerprint density at radius 3 is 2.46 bits per heavy atom. The van der Waals surface area contributed by atoms with Gasteiger partial charge in [0.2, 0.25) is 12.7 Å². The predicted octanol–water partition coefficient (Wildman–Crippen LogP) is 3.92. The molecule has 0 saturated heterocycles. The standard InChI is InChI=1S/C18H14ClNO4/c1-11(21)14-8-16-17(24-10-23-16)9-15(14)20-18(22)7-4-12-2-5-13(19)6-3-12/h2-9H,10H2,1H3,(H,20,22)/b7-4+. The SMILES string of the molecule is CC(=O)c1cc2c(cc1NC(=O)/C=C/c1ccc(Cl)cc1)OCO2. The second-order valence-electron chi connectivity index (χ2n) is 5.18. The zero-order valence-electron chi connectivity index (χ0n) is 12.8. The highest BCUT2D eigenvalue weighted by Crippen LogP contribution is 2.37. The minimum atomic E-state index is -0.355. The number of ether oxygens (including phenoxy) is 2.